The molecule has 0 saturated heterocycles. The molecular formula is C17H20BrN. The summed E-state index contributed by atoms with van der Waals surface area (Å²) in [5, 5.41) is 0. The van der Waals surface area contributed by atoms with Gasteiger partial charge in [-0.2, -0.15) is 0 Å². The Morgan fingerprint density at radius 2 is 1.32 bits per heavy atom. The highest BCUT2D eigenvalue weighted by atomic mass is 79.9. The van der Waals surface area contributed by atoms with Crippen LogP contribution in [0.1, 0.15) is 39.4 Å². The molecule has 2 N–H and O–H groups in total. The van der Waals surface area contributed by atoms with E-state index in [2.05, 4.69) is 74.0 Å². The summed E-state index contributed by atoms with van der Waals surface area (Å²) in [7, 11) is 0. The molecule has 0 fully saturated rings. The molecular weight excluding hydrogens is 298 g/mol. The zero-order chi connectivity index (χ0) is 14.2. The van der Waals surface area contributed by atoms with Crippen LogP contribution in [0.3, 0.4) is 0 Å². The fourth-order valence-electron chi connectivity index (χ4n) is 2.31. The van der Waals surface area contributed by atoms with Crippen molar-refractivity contribution in [3.05, 3.63) is 68.2 Å². The molecule has 0 amide bonds. The third-order valence-corrected chi connectivity index (χ3v) is 4.96. The maximum Gasteiger partial charge on any atom is 0.0551 e. The quantitative estimate of drug-likeness (QED) is 0.851. The summed E-state index contributed by atoms with van der Waals surface area (Å²) in [6.07, 6.45) is 0. The molecule has 0 bridgehead atoms. The Bertz CT molecular complexity index is 594. The Morgan fingerprint density at radius 3 is 1.84 bits per heavy atom. The second kappa shape index (κ2) is 5.48. The summed E-state index contributed by atoms with van der Waals surface area (Å²) in [5.74, 6) is 0. The number of hydrogen-bond donors (Lipinski definition) is 1. The number of nitrogens with two attached hydrogens (primary N) is 1. The molecule has 0 aliphatic heterocycles. The van der Waals surface area contributed by atoms with Crippen molar-refractivity contribution in [3.63, 3.8) is 0 Å². The largest absolute Gasteiger partial charge is 0.320 e. The first-order valence-corrected chi connectivity index (χ1v) is 7.29. The van der Waals surface area contributed by atoms with Crippen LogP contribution in [0.15, 0.2) is 34.8 Å². The van der Waals surface area contributed by atoms with Gasteiger partial charge in [-0.3, -0.25) is 0 Å². The molecule has 1 nitrogen and oxygen atoms in total. The van der Waals surface area contributed by atoms with E-state index in [1.807, 2.05) is 0 Å². The SMILES string of the molecule is Cc1ccc(C(N)c2cc(C)c(Br)c(C)c2)cc1C. The van der Waals surface area contributed by atoms with Crippen molar-refractivity contribution in [2.24, 2.45) is 5.73 Å². The van der Waals surface area contributed by atoms with Gasteiger partial charge in [-0.05, 0) is 61.1 Å². The maximum atomic E-state index is 6.41. The topological polar surface area (TPSA) is 26.0 Å². The number of halogens is 1. The lowest BCUT2D eigenvalue weighted by Crippen LogP contribution is -2.12. The van der Waals surface area contributed by atoms with E-state index in [0.29, 0.717) is 0 Å². The van der Waals surface area contributed by atoms with Crippen molar-refractivity contribution in [1.29, 1.82) is 0 Å². The van der Waals surface area contributed by atoms with Gasteiger partial charge in [-0.25, -0.2) is 0 Å². The Kier molecular flexibility index (Phi) is 4.12. The van der Waals surface area contributed by atoms with Crippen LogP contribution in [-0.4, -0.2) is 0 Å². The zero-order valence-corrected chi connectivity index (χ0v) is 13.5. The lowest BCUT2D eigenvalue weighted by atomic mass is 9.94. The highest BCUT2D eigenvalue weighted by Gasteiger charge is 2.12. The van der Waals surface area contributed by atoms with Gasteiger partial charge >= 0.3 is 0 Å². The van der Waals surface area contributed by atoms with Crippen molar-refractivity contribution in [2.45, 2.75) is 33.7 Å². The van der Waals surface area contributed by atoms with E-state index in [1.165, 1.54) is 37.9 Å². The normalized spacial score (nSPS) is 12.5. The average Bonchev–Trinajstić information content (AvgIpc) is 2.37. The van der Waals surface area contributed by atoms with Crippen molar-refractivity contribution in [2.75, 3.05) is 0 Å². The van der Waals surface area contributed by atoms with Gasteiger partial charge in [0.2, 0.25) is 0 Å². The average molecular weight is 318 g/mol. The van der Waals surface area contributed by atoms with Crippen LogP contribution in [0.5, 0.6) is 0 Å². The van der Waals surface area contributed by atoms with Crippen LogP contribution in [0, 0.1) is 27.7 Å². The minimum absolute atomic E-state index is 0.0650. The monoisotopic (exact) mass is 317 g/mol. The van der Waals surface area contributed by atoms with Gasteiger partial charge in [-0.1, -0.05) is 46.3 Å². The lowest BCUT2D eigenvalue weighted by molar-refractivity contribution is 0.864. The van der Waals surface area contributed by atoms with Crippen molar-refractivity contribution >= 4 is 15.9 Å². The molecule has 0 heterocycles. The van der Waals surface area contributed by atoms with Crippen LogP contribution in [0.2, 0.25) is 0 Å². The second-order valence-electron chi connectivity index (χ2n) is 5.29. The van der Waals surface area contributed by atoms with E-state index in [-0.39, 0.29) is 6.04 Å². The first-order chi connectivity index (χ1) is 8.90. The summed E-state index contributed by atoms with van der Waals surface area (Å²) < 4.78 is 1.17. The molecule has 100 valence electrons. The molecule has 1 atom stereocenters. The zero-order valence-electron chi connectivity index (χ0n) is 11.9. The van der Waals surface area contributed by atoms with Crippen molar-refractivity contribution in [3.8, 4) is 0 Å². The van der Waals surface area contributed by atoms with Crippen LogP contribution in [0.4, 0.5) is 0 Å². The van der Waals surface area contributed by atoms with Gasteiger partial charge in [0.1, 0.15) is 0 Å². The molecule has 2 aromatic rings. The Balaban J connectivity index is 2.43. The third kappa shape index (κ3) is 2.90. The molecule has 0 spiro atoms. The highest BCUT2D eigenvalue weighted by Crippen LogP contribution is 2.28. The van der Waals surface area contributed by atoms with E-state index in [1.54, 1.807) is 0 Å². The van der Waals surface area contributed by atoms with Crippen LogP contribution in [0.25, 0.3) is 0 Å². The van der Waals surface area contributed by atoms with Gasteiger partial charge in [0.15, 0.2) is 0 Å². The summed E-state index contributed by atoms with van der Waals surface area (Å²) >= 11 is 3.60. The Morgan fingerprint density at radius 1 is 0.789 bits per heavy atom. The van der Waals surface area contributed by atoms with Gasteiger partial charge in [0, 0.05) is 4.47 Å². The number of benzene rings is 2. The highest BCUT2D eigenvalue weighted by molar-refractivity contribution is 9.10. The third-order valence-electron chi connectivity index (χ3n) is 3.71. The predicted octanol–water partition coefficient (Wildman–Crippen LogP) is 4.73. The minimum atomic E-state index is -0.0650. The fourth-order valence-corrected chi connectivity index (χ4v) is 2.54. The Labute approximate surface area is 124 Å². The predicted molar refractivity (Wildman–Crippen MR) is 85.6 cm³/mol. The lowest BCUT2D eigenvalue weighted by Gasteiger charge is -2.16. The van der Waals surface area contributed by atoms with E-state index in [4.69, 9.17) is 5.73 Å². The van der Waals surface area contributed by atoms with Crippen LogP contribution in [-0.2, 0) is 0 Å². The molecule has 19 heavy (non-hydrogen) atoms. The fraction of sp³-hybridized carbons (Fsp3) is 0.294. The van der Waals surface area contributed by atoms with Gasteiger partial charge in [-0.15, -0.1) is 0 Å². The number of aryl methyl sites for hydroxylation is 4. The second-order valence-corrected chi connectivity index (χ2v) is 6.08. The molecule has 0 aliphatic rings. The standard InChI is InChI=1S/C17H20BrN/c1-10-5-6-14(7-11(10)2)17(19)15-8-12(3)16(18)13(4)9-15/h5-9,17H,19H2,1-4H3. The molecule has 2 aromatic carbocycles. The minimum Gasteiger partial charge on any atom is -0.320 e. The summed E-state index contributed by atoms with van der Waals surface area (Å²) in [4.78, 5) is 0. The van der Waals surface area contributed by atoms with Gasteiger partial charge in [0.05, 0.1) is 6.04 Å². The first kappa shape index (κ1) is 14.3. The molecule has 0 radical (unpaired) electrons. The van der Waals surface area contributed by atoms with E-state index < -0.39 is 0 Å². The molecule has 0 aliphatic carbocycles. The van der Waals surface area contributed by atoms with E-state index >= 15 is 0 Å². The van der Waals surface area contributed by atoms with E-state index in [0.717, 1.165) is 0 Å². The molecule has 2 rings (SSSR count). The Hall–Kier alpha value is -1.12. The number of hydrogen-bond acceptors (Lipinski definition) is 1. The van der Waals surface area contributed by atoms with Crippen LogP contribution < -0.4 is 5.73 Å². The summed E-state index contributed by atoms with van der Waals surface area (Å²) in [6, 6.07) is 10.7. The van der Waals surface area contributed by atoms with E-state index in [9.17, 15) is 0 Å². The molecule has 2 heteroatoms. The molecule has 0 saturated carbocycles. The van der Waals surface area contributed by atoms with Crippen LogP contribution >= 0.6 is 15.9 Å². The summed E-state index contributed by atoms with van der Waals surface area (Å²) in [6.45, 7) is 8.46. The molecule has 0 aromatic heterocycles. The van der Waals surface area contributed by atoms with Crippen molar-refractivity contribution in [1.82, 2.24) is 0 Å². The molecule has 1 unspecified atom stereocenters. The van der Waals surface area contributed by atoms with Crippen molar-refractivity contribution < 1.29 is 0 Å². The summed E-state index contributed by atoms with van der Waals surface area (Å²) in [5.41, 5.74) is 13.8. The maximum absolute atomic E-state index is 6.41. The number of rotatable bonds is 2. The van der Waals surface area contributed by atoms with Gasteiger partial charge < -0.3 is 5.73 Å². The smallest absolute Gasteiger partial charge is 0.0551 e. The first-order valence-electron chi connectivity index (χ1n) is 6.49. The van der Waals surface area contributed by atoms with Gasteiger partial charge in [0.25, 0.3) is 0 Å².